The molecule has 114 valence electrons. The van der Waals surface area contributed by atoms with Gasteiger partial charge < -0.3 is 11.1 Å². The molecule has 2 rings (SSSR count). The summed E-state index contributed by atoms with van der Waals surface area (Å²) in [5.74, 6) is -0.851. The summed E-state index contributed by atoms with van der Waals surface area (Å²) in [6, 6.07) is 6.67. The molecule has 0 fully saturated rings. The Morgan fingerprint density at radius 3 is 2.24 bits per heavy atom. The number of benzene rings is 1. The highest BCUT2D eigenvalue weighted by molar-refractivity contribution is 6.21. The average molecular weight is 312 g/mol. The van der Waals surface area contributed by atoms with Gasteiger partial charge in [-0.2, -0.15) is 0 Å². The third-order valence-corrected chi connectivity index (χ3v) is 3.14. The number of hydrogen-bond donors (Lipinski definition) is 2. The third-order valence-electron chi connectivity index (χ3n) is 3.14. The molecule has 1 aromatic carbocycles. The molecule has 1 aromatic rings. The number of hydrogen-bond acceptors (Lipinski definition) is 4. The molecule has 6 nitrogen and oxygen atoms in total. The van der Waals surface area contributed by atoms with Gasteiger partial charge in [0.05, 0.1) is 11.1 Å². The van der Waals surface area contributed by atoms with Gasteiger partial charge in [0.15, 0.2) is 0 Å². The minimum Gasteiger partial charge on any atom is -0.356 e. The van der Waals surface area contributed by atoms with Gasteiger partial charge in [0.2, 0.25) is 5.91 Å². The second-order valence-corrected chi connectivity index (χ2v) is 4.55. The summed E-state index contributed by atoms with van der Waals surface area (Å²) < 4.78 is 0. The van der Waals surface area contributed by atoms with E-state index in [2.05, 4.69) is 5.32 Å². The zero-order valence-electron chi connectivity index (χ0n) is 11.5. The summed E-state index contributed by atoms with van der Waals surface area (Å²) >= 11 is 0. The lowest BCUT2D eigenvalue weighted by atomic mass is 10.1. The van der Waals surface area contributed by atoms with E-state index in [-0.39, 0.29) is 43.1 Å². The van der Waals surface area contributed by atoms with Crippen molar-refractivity contribution in [1.82, 2.24) is 10.2 Å². The Morgan fingerprint density at radius 2 is 1.71 bits per heavy atom. The topological polar surface area (TPSA) is 92.5 Å². The maximum Gasteiger partial charge on any atom is 0.261 e. The minimum atomic E-state index is -0.333. The van der Waals surface area contributed by atoms with Crippen LogP contribution in [-0.4, -0.2) is 42.3 Å². The van der Waals surface area contributed by atoms with Crippen LogP contribution in [0.3, 0.4) is 0 Å². The molecule has 0 saturated carbocycles. The van der Waals surface area contributed by atoms with Crippen LogP contribution in [0.2, 0.25) is 0 Å². The number of amides is 3. The Labute approximate surface area is 129 Å². The van der Waals surface area contributed by atoms with E-state index in [1.54, 1.807) is 24.3 Å². The highest BCUT2D eigenvalue weighted by atomic mass is 35.5. The zero-order valence-corrected chi connectivity index (χ0v) is 12.3. The number of fused-ring (bicyclic) bond motifs is 1. The fourth-order valence-electron chi connectivity index (χ4n) is 2.07. The molecule has 0 radical (unpaired) electrons. The van der Waals surface area contributed by atoms with Gasteiger partial charge in [-0.3, -0.25) is 19.3 Å². The van der Waals surface area contributed by atoms with Crippen LogP contribution in [0.25, 0.3) is 0 Å². The number of imide groups is 1. The van der Waals surface area contributed by atoms with Crippen molar-refractivity contribution in [3.8, 4) is 0 Å². The average Bonchev–Trinajstić information content (AvgIpc) is 2.70. The third kappa shape index (κ3) is 3.80. The van der Waals surface area contributed by atoms with E-state index >= 15 is 0 Å². The largest absolute Gasteiger partial charge is 0.356 e. The highest BCUT2D eigenvalue weighted by Gasteiger charge is 2.34. The summed E-state index contributed by atoms with van der Waals surface area (Å²) in [5, 5.41) is 2.69. The quantitative estimate of drug-likeness (QED) is 0.593. The molecule has 0 spiro atoms. The second-order valence-electron chi connectivity index (χ2n) is 4.55. The first-order valence-corrected chi connectivity index (χ1v) is 6.57. The molecule has 0 aliphatic carbocycles. The number of carbonyl (C=O) groups excluding carboxylic acids is 3. The Bertz CT molecular complexity index is 513. The van der Waals surface area contributed by atoms with Crippen LogP contribution in [0.15, 0.2) is 24.3 Å². The van der Waals surface area contributed by atoms with Gasteiger partial charge in [0.1, 0.15) is 0 Å². The SMILES string of the molecule is Cl.NCCCNC(=O)CCN1C(=O)c2ccccc2C1=O. The molecule has 0 atom stereocenters. The van der Waals surface area contributed by atoms with Crippen molar-refractivity contribution in [2.75, 3.05) is 19.6 Å². The molecule has 21 heavy (non-hydrogen) atoms. The van der Waals surface area contributed by atoms with E-state index in [0.29, 0.717) is 30.6 Å². The van der Waals surface area contributed by atoms with Crippen LogP contribution >= 0.6 is 12.4 Å². The maximum atomic E-state index is 12.0. The molecular weight excluding hydrogens is 294 g/mol. The zero-order chi connectivity index (χ0) is 14.5. The normalized spacial score (nSPS) is 12.9. The molecule has 1 aliphatic rings. The summed E-state index contributed by atoms with van der Waals surface area (Å²) in [7, 11) is 0. The lowest BCUT2D eigenvalue weighted by molar-refractivity contribution is -0.121. The number of nitrogens with two attached hydrogens (primary N) is 1. The van der Waals surface area contributed by atoms with Gasteiger partial charge in [-0.15, -0.1) is 12.4 Å². The number of nitrogens with one attached hydrogen (secondary N) is 1. The molecule has 0 bridgehead atoms. The minimum absolute atomic E-state index is 0. The monoisotopic (exact) mass is 311 g/mol. The summed E-state index contributed by atoms with van der Waals surface area (Å²) in [4.78, 5) is 36.8. The highest BCUT2D eigenvalue weighted by Crippen LogP contribution is 2.22. The van der Waals surface area contributed by atoms with E-state index in [0.717, 1.165) is 4.90 Å². The van der Waals surface area contributed by atoms with Crippen LogP contribution in [0.1, 0.15) is 33.6 Å². The lowest BCUT2D eigenvalue weighted by Gasteiger charge is -2.13. The Morgan fingerprint density at radius 1 is 1.14 bits per heavy atom. The molecule has 0 saturated heterocycles. The standard InChI is InChI=1S/C14H17N3O3.ClH/c15-7-3-8-16-12(18)6-9-17-13(19)10-4-1-2-5-11(10)14(17)20;/h1-2,4-5H,3,6-9,15H2,(H,16,18);1H. The molecule has 7 heteroatoms. The fraction of sp³-hybridized carbons (Fsp3) is 0.357. The lowest BCUT2D eigenvalue weighted by Crippen LogP contribution is -2.35. The number of carbonyl (C=O) groups is 3. The Hall–Kier alpha value is -1.92. The number of rotatable bonds is 6. The van der Waals surface area contributed by atoms with Gasteiger partial charge in [0, 0.05) is 19.5 Å². The van der Waals surface area contributed by atoms with Crippen molar-refractivity contribution >= 4 is 30.1 Å². The first-order chi connectivity index (χ1) is 9.65. The van der Waals surface area contributed by atoms with Crippen LogP contribution in [0, 0.1) is 0 Å². The van der Waals surface area contributed by atoms with Crippen LogP contribution < -0.4 is 11.1 Å². The van der Waals surface area contributed by atoms with Crippen molar-refractivity contribution in [2.24, 2.45) is 5.73 Å². The van der Waals surface area contributed by atoms with E-state index < -0.39 is 0 Å². The van der Waals surface area contributed by atoms with E-state index in [1.807, 2.05) is 0 Å². The van der Waals surface area contributed by atoms with Gasteiger partial charge in [-0.1, -0.05) is 12.1 Å². The van der Waals surface area contributed by atoms with Gasteiger partial charge in [-0.05, 0) is 25.1 Å². The fourth-order valence-corrected chi connectivity index (χ4v) is 2.07. The first kappa shape index (κ1) is 17.1. The smallest absolute Gasteiger partial charge is 0.261 e. The Balaban J connectivity index is 0.00000220. The maximum absolute atomic E-state index is 12.0. The van der Waals surface area contributed by atoms with Crippen molar-refractivity contribution in [2.45, 2.75) is 12.8 Å². The number of halogens is 1. The molecular formula is C14H18ClN3O3. The van der Waals surface area contributed by atoms with Crippen molar-refractivity contribution < 1.29 is 14.4 Å². The van der Waals surface area contributed by atoms with Crippen LogP contribution in [0.5, 0.6) is 0 Å². The van der Waals surface area contributed by atoms with E-state index in [9.17, 15) is 14.4 Å². The summed E-state index contributed by atoms with van der Waals surface area (Å²) in [5.41, 5.74) is 6.13. The molecule has 0 unspecified atom stereocenters. The Kier molecular flexibility index (Phi) is 6.33. The van der Waals surface area contributed by atoms with Crippen molar-refractivity contribution in [1.29, 1.82) is 0 Å². The van der Waals surface area contributed by atoms with Crippen LogP contribution in [0.4, 0.5) is 0 Å². The summed E-state index contributed by atoms with van der Waals surface area (Å²) in [6.07, 6.45) is 0.814. The molecule has 3 N–H and O–H groups in total. The predicted octanol–water partition coefficient (Wildman–Crippen LogP) is 0.559. The predicted molar refractivity (Wildman–Crippen MR) is 80.4 cm³/mol. The molecule has 0 aromatic heterocycles. The van der Waals surface area contributed by atoms with E-state index in [4.69, 9.17) is 5.73 Å². The van der Waals surface area contributed by atoms with E-state index in [1.165, 1.54) is 0 Å². The van der Waals surface area contributed by atoms with Crippen LogP contribution in [-0.2, 0) is 4.79 Å². The van der Waals surface area contributed by atoms with Gasteiger partial charge >= 0.3 is 0 Å². The molecule has 3 amide bonds. The molecule has 1 heterocycles. The van der Waals surface area contributed by atoms with Gasteiger partial charge in [0.25, 0.3) is 11.8 Å². The second kappa shape index (κ2) is 7.75. The van der Waals surface area contributed by atoms with Crippen molar-refractivity contribution in [3.63, 3.8) is 0 Å². The van der Waals surface area contributed by atoms with Gasteiger partial charge in [-0.25, -0.2) is 0 Å². The molecule has 1 aliphatic heterocycles. The first-order valence-electron chi connectivity index (χ1n) is 6.57. The summed E-state index contributed by atoms with van der Waals surface area (Å²) in [6.45, 7) is 1.12. The van der Waals surface area contributed by atoms with Crippen molar-refractivity contribution in [3.05, 3.63) is 35.4 Å². The number of nitrogens with zero attached hydrogens (tertiary/aromatic N) is 1.